The van der Waals surface area contributed by atoms with E-state index in [1.807, 2.05) is 10.9 Å². The third-order valence-corrected chi connectivity index (χ3v) is 2.28. The zero-order valence-electron chi connectivity index (χ0n) is 9.63. The number of ether oxygens (including phenoxy) is 1. The van der Waals surface area contributed by atoms with Gasteiger partial charge in [-0.15, -0.1) is 0 Å². The van der Waals surface area contributed by atoms with Crippen LogP contribution in [0.15, 0.2) is 36.7 Å². The van der Waals surface area contributed by atoms with Crippen molar-refractivity contribution in [3.8, 4) is 17.6 Å². The molecule has 1 aromatic carbocycles. The molecule has 0 N–H and O–H groups in total. The fraction of sp³-hybridized carbons (Fsp3) is 0.231. The van der Waals surface area contributed by atoms with E-state index >= 15 is 0 Å². The van der Waals surface area contributed by atoms with Gasteiger partial charge in [-0.1, -0.05) is 6.92 Å². The van der Waals surface area contributed by atoms with Crippen LogP contribution in [0.4, 0.5) is 0 Å². The molecule has 17 heavy (non-hydrogen) atoms. The minimum absolute atomic E-state index is 0.624. The Morgan fingerprint density at radius 2 is 2.06 bits per heavy atom. The van der Waals surface area contributed by atoms with Crippen molar-refractivity contribution in [2.75, 3.05) is 0 Å². The van der Waals surface area contributed by atoms with E-state index in [0.717, 1.165) is 13.0 Å². The molecular weight excluding hydrogens is 214 g/mol. The number of aromatic nitrogens is 2. The van der Waals surface area contributed by atoms with Gasteiger partial charge in [0.15, 0.2) is 5.75 Å². The SMILES string of the molecule is CCCn1cc(Oc2ccc(C#N)cc2)cn1. The quantitative estimate of drug-likeness (QED) is 0.806. The van der Waals surface area contributed by atoms with Crippen LogP contribution in [0.1, 0.15) is 18.9 Å². The standard InChI is InChI=1S/C13H13N3O/c1-2-7-16-10-13(9-15-16)17-12-5-3-11(8-14)4-6-12/h3-6,9-10H,2,7H2,1H3. The normalized spacial score (nSPS) is 9.88. The van der Waals surface area contributed by atoms with Gasteiger partial charge in [0.1, 0.15) is 5.75 Å². The Morgan fingerprint density at radius 1 is 1.29 bits per heavy atom. The van der Waals surface area contributed by atoms with E-state index in [-0.39, 0.29) is 0 Å². The molecule has 1 heterocycles. The zero-order valence-corrected chi connectivity index (χ0v) is 9.63. The third-order valence-electron chi connectivity index (χ3n) is 2.28. The summed E-state index contributed by atoms with van der Waals surface area (Å²) in [5.41, 5.74) is 0.624. The van der Waals surface area contributed by atoms with Crippen molar-refractivity contribution in [2.45, 2.75) is 19.9 Å². The average molecular weight is 227 g/mol. The second-order valence-electron chi connectivity index (χ2n) is 3.68. The molecule has 0 aliphatic carbocycles. The van der Waals surface area contributed by atoms with Crippen LogP contribution in [0.25, 0.3) is 0 Å². The van der Waals surface area contributed by atoms with E-state index in [2.05, 4.69) is 18.1 Å². The van der Waals surface area contributed by atoms with Gasteiger partial charge in [-0.05, 0) is 30.7 Å². The van der Waals surface area contributed by atoms with E-state index in [0.29, 0.717) is 17.1 Å². The summed E-state index contributed by atoms with van der Waals surface area (Å²) < 4.78 is 7.46. The van der Waals surface area contributed by atoms with Crippen molar-refractivity contribution >= 4 is 0 Å². The predicted molar refractivity (Wildman–Crippen MR) is 63.7 cm³/mol. The van der Waals surface area contributed by atoms with Gasteiger partial charge in [-0.2, -0.15) is 10.4 Å². The molecule has 4 nitrogen and oxygen atoms in total. The van der Waals surface area contributed by atoms with Gasteiger partial charge in [0.25, 0.3) is 0 Å². The number of aryl methyl sites for hydroxylation is 1. The first-order chi connectivity index (χ1) is 8.31. The molecule has 0 amide bonds. The molecular formula is C13H13N3O. The molecule has 0 radical (unpaired) electrons. The summed E-state index contributed by atoms with van der Waals surface area (Å²) in [7, 11) is 0. The minimum atomic E-state index is 0.624. The first kappa shape index (κ1) is 11.2. The van der Waals surface area contributed by atoms with E-state index in [1.54, 1.807) is 30.5 Å². The second-order valence-corrected chi connectivity index (χ2v) is 3.68. The molecule has 2 rings (SSSR count). The van der Waals surface area contributed by atoms with Gasteiger partial charge in [-0.3, -0.25) is 4.68 Å². The van der Waals surface area contributed by atoms with Crippen LogP contribution in [0, 0.1) is 11.3 Å². The van der Waals surface area contributed by atoms with Crippen molar-refractivity contribution in [2.24, 2.45) is 0 Å². The van der Waals surface area contributed by atoms with Crippen LogP contribution in [-0.4, -0.2) is 9.78 Å². The topological polar surface area (TPSA) is 50.8 Å². The Labute approximate surface area is 100 Å². The largest absolute Gasteiger partial charge is 0.454 e. The lowest BCUT2D eigenvalue weighted by atomic mass is 10.2. The number of benzene rings is 1. The minimum Gasteiger partial charge on any atom is -0.454 e. The molecule has 1 aromatic heterocycles. The van der Waals surface area contributed by atoms with Crippen LogP contribution in [0.3, 0.4) is 0 Å². The van der Waals surface area contributed by atoms with Crippen molar-refractivity contribution < 1.29 is 4.74 Å². The monoisotopic (exact) mass is 227 g/mol. The molecule has 86 valence electrons. The molecule has 0 bridgehead atoms. The number of hydrogen-bond acceptors (Lipinski definition) is 3. The Kier molecular flexibility index (Phi) is 3.41. The summed E-state index contributed by atoms with van der Waals surface area (Å²) in [6.07, 6.45) is 4.59. The summed E-state index contributed by atoms with van der Waals surface area (Å²) in [6, 6.07) is 9.07. The fourth-order valence-corrected chi connectivity index (χ4v) is 1.48. The third kappa shape index (κ3) is 2.85. The van der Waals surface area contributed by atoms with Crippen LogP contribution in [0.5, 0.6) is 11.5 Å². The highest BCUT2D eigenvalue weighted by Crippen LogP contribution is 2.20. The highest BCUT2D eigenvalue weighted by atomic mass is 16.5. The molecule has 4 heteroatoms. The van der Waals surface area contributed by atoms with Gasteiger partial charge >= 0.3 is 0 Å². The number of nitrogens with zero attached hydrogens (tertiary/aromatic N) is 3. The van der Waals surface area contributed by atoms with Gasteiger partial charge < -0.3 is 4.74 Å². The summed E-state index contributed by atoms with van der Waals surface area (Å²) in [5.74, 6) is 1.42. The first-order valence-electron chi connectivity index (χ1n) is 5.52. The molecule has 0 saturated heterocycles. The Bertz CT molecular complexity index is 522. The Hall–Kier alpha value is -2.28. The lowest BCUT2D eigenvalue weighted by Crippen LogP contribution is -1.95. The summed E-state index contributed by atoms with van der Waals surface area (Å²) in [6.45, 7) is 2.99. The Morgan fingerprint density at radius 3 is 2.71 bits per heavy atom. The predicted octanol–water partition coefficient (Wildman–Crippen LogP) is 2.96. The van der Waals surface area contributed by atoms with Gasteiger partial charge in [-0.25, -0.2) is 0 Å². The highest BCUT2D eigenvalue weighted by molar-refractivity contribution is 5.36. The lowest BCUT2D eigenvalue weighted by molar-refractivity contribution is 0.480. The lowest BCUT2D eigenvalue weighted by Gasteiger charge is -2.01. The summed E-state index contributed by atoms with van der Waals surface area (Å²) in [4.78, 5) is 0. The Balaban J connectivity index is 2.06. The smallest absolute Gasteiger partial charge is 0.165 e. The van der Waals surface area contributed by atoms with E-state index in [4.69, 9.17) is 10.00 Å². The van der Waals surface area contributed by atoms with Crippen molar-refractivity contribution in [1.29, 1.82) is 5.26 Å². The second kappa shape index (κ2) is 5.17. The van der Waals surface area contributed by atoms with E-state index in [9.17, 15) is 0 Å². The molecule has 0 aliphatic rings. The summed E-state index contributed by atoms with van der Waals surface area (Å²) >= 11 is 0. The van der Waals surface area contributed by atoms with Crippen LogP contribution >= 0.6 is 0 Å². The number of hydrogen-bond donors (Lipinski definition) is 0. The molecule has 0 spiro atoms. The highest BCUT2D eigenvalue weighted by Gasteiger charge is 2.01. The average Bonchev–Trinajstić information content (AvgIpc) is 2.78. The van der Waals surface area contributed by atoms with Crippen molar-refractivity contribution in [3.63, 3.8) is 0 Å². The zero-order chi connectivity index (χ0) is 12.1. The first-order valence-corrected chi connectivity index (χ1v) is 5.52. The molecule has 2 aromatic rings. The van der Waals surface area contributed by atoms with Crippen molar-refractivity contribution in [3.05, 3.63) is 42.2 Å². The maximum Gasteiger partial charge on any atom is 0.165 e. The van der Waals surface area contributed by atoms with Crippen molar-refractivity contribution in [1.82, 2.24) is 9.78 Å². The van der Waals surface area contributed by atoms with Gasteiger partial charge in [0, 0.05) is 6.54 Å². The van der Waals surface area contributed by atoms with Gasteiger partial charge in [0.2, 0.25) is 0 Å². The maximum atomic E-state index is 8.68. The summed E-state index contributed by atoms with van der Waals surface area (Å²) in [5, 5.41) is 12.9. The molecule has 0 aliphatic heterocycles. The maximum absolute atomic E-state index is 8.68. The van der Waals surface area contributed by atoms with Crippen LogP contribution in [-0.2, 0) is 6.54 Å². The van der Waals surface area contributed by atoms with E-state index in [1.165, 1.54) is 0 Å². The molecule has 0 atom stereocenters. The molecule has 0 saturated carbocycles. The van der Waals surface area contributed by atoms with Crippen LogP contribution < -0.4 is 4.74 Å². The fourth-order valence-electron chi connectivity index (χ4n) is 1.48. The van der Waals surface area contributed by atoms with Crippen LogP contribution in [0.2, 0.25) is 0 Å². The number of rotatable bonds is 4. The van der Waals surface area contributed by atoms with Gasteiger partial charge in [0.05, 0.1) is 24.0 Å². The number of nitriles is 1. The molecule has 0 fully saturated rings. The van der Waals surface area contributed by atoms with E-state index < -0.39 is 0 Å². The molecule has 0 unspecified atom stereocenters.